The Bertz CT molecular complexity index is 544. The van der Waals surface area contributed by atoms with Gasteiger partial charge in [-0.1, -0.05) is 26.0 Å². The lowest BCUT2D eigenvalue weighted by Crippen LogP contribution is -2.12. The van der Waals surface area contributed by atoms with Crippen LogP contribution in [-0.2, 0) is 0 Å². The molecule has 0 aliphatic rings. The zero-order valence-electron chi connectivity index (χ0n) is 10.9. The maximum Gasteiger partial charge on any atom is 0.149 e. The van der Waals surface area contributed by atoms with Crippen molar-refractivity contribution in [1.29, 1.82) is 0 Å². The summed E-state index contributed by atoms with van der Waals surface area (Å²) in [6.07, 6.45) is 1.78. The summed E-state index contributed by atoms with van der Waals surface area (Å²) in [7, 11) is 0. The molecule has 2 aromatic rings. The summed E-state index contributed by atoms with van der Waals surface area (Å²) in [6.45, 7) is 5.95. The Morgan fingerprint density at radius 2 is 1.94 bits per heavy atom. The Hall–Kier alpha value is -1.68. The molecule has 4 heteroatoms. The second kappa shape index (κ2) is 4.90. The van der Waals surface area contributed by atoms with E-state index in [1.165, 1.54) is 6.07 Å². The molecule has 96 valence electrons. The average Bonchev–Trinajstić information content (AvgIpc) is 2.77. The molecule has 0 amide bonds. The summed E-state index contributed by atoms with van der Waals surface area (Å²) in [5.41, 5.74) is 8.02. The molecule has 1 aromatic heterocycles. The van der Waals surface area contributed by atoms with Crippen molar-refractivity contribution in [2.24, 2.45) is 5.73 Å². The van der Waals surface area contributed by atoms with Crippen LogP contribution in [0.15, 0.2) is 30.5 Å². The second-order valence-corrected chi connectivity index (χ2v) is 4.81. The van der Waals surface area contributed by atoms with Crippen LogP contribution in [0.5, 0.6) is 0 Å². The van der Waals surface area contributed by atoms with Gasteiger partial charge in [0.25, 0.3) is 0 Å². The van der Waals surface area contributed by atoms with Gasteiger partial charge in [-0.15, -0.1) is 0 Å². The number of aromatic nitrogens is 2. The first-order chi connectivity index (χ1) is 8.50. The van der Waals surface area contributed by atoms with Crippen LogP contribution >= 0.6 is 0 Å². The van der Waals surface area contributed by atoms with Gasteiger partial charge in [0.05, 0.1) is 5.69 Å². The van der Waals surface area contributed by atoms with Crippen LogP contribution in [0.1, 0.15) is 44.0 Å². The van der Waals surface area contributed by atoms with Crippen LogP contribution in [0.2, 0.25) is 0 Å². The largest absolute Gasteiger partial charge is 0.324 e. The summed E-state index contributed by atoms with van der Waals surface area (Å²) in [6, 6.07) is 6.60. The third kappa shape index (κ3) is 2.29. The van der Waals surface area contributed by atoms with E-state index in [-0.39, 0.29) is 11.9 Å². The van der Waals surface area contributed by atoms with Gasteiger partial charge in [0.15, 0.2) is 0 Å². The van der Waals surface area contributed by atoms with Crippen molar-refractivity contribution in [2.75, 3.05) is 0 Å². The number of nitrogens with zero attached hydrogens (tertiary/aromatic N) is 2. The van der Waals surface area contributed by atoms with Gasteiger partial charge in [-0.3, -0.25) is 0 Å². The first-order valence-corrected chi connectivity index (χ1v) is 6.10. The Labute approximate surface area is 106 Å². The van der Waals surface area contributed by atoms with Gasteiger partial charge in [0, 0.05) is 12.2 Å². The Balaban J connectivity index is 2.55. The third-order valence-corrected chi connectivity index (χ3v) is 2.94. The Morgan fingerprint density at radius 1 is 1.22 bits per heavy atom. The number of nitrogens with two attached hydrogens (primary N) is 1. The third-order valence-electron chi connectivity index (χ3n) is 2.94. The first-order valence-electron chi connectivity index (χ1n) is 6.10. The van der Waals surface area contributed by atoms with Crippen LogP contribution in [0, 0.1) is 5.82 Å². The number of hydrogen-bond acceptors (Lipinski definition) is 2. The minimum atomic E-state index is -0.303. The van der Waals surface area contributed by atoms with Crippen molar-refractivity contribution in [2.45, 2.75) is 32.7 Å². The first kappa shape index (κ1) is 12.8. The average molecular weight is 247 g/mol. The number of hydrogen-bond donors (Lipinski definition) is 1. The molecule has 0 saturated heterocycles. The van der Waals surface area contributed by atoms with Gasteiger partial charge in [0.2, 0.25) is 0 Å². The lowest BCUT2D eigenvalue weighted by atomic mass is 10.1. The summed E-state index contributed by atoms with van der Waals surface area (Å²) in [4.78, 5) is 0. The molecule has 3 nitrogen and oxygen atoms in total. The van der Waals surface area contributed by atoms with E-state index in [0.717, 1.165) is 11.3 Å². The highest BCUT2D eigenvalue weighted by Crippen LogP contribution is 2.23. The maximum absolute atomic E-state index is 14.0. The quantitative estimate of drug-likeness (QED) is 0.905. The molecule has 18 heavy (non-hydrogen) atoms. The minimum absolute atomic E-state index is 0.234. The summed E-state index contributed by atoms with van der Waals surface area (Å²) in [5.74, 6) is 0.0139. The predicted octanol–water partition coefficient (Wildman–Crippen LogP) is 3.15. The fraction of sp³-hybridized carbons (Fsp3) is 0.357. The lowest BCUT2D eigenvalue weighted by molar-refractivity contribution is 0.600. The van der Waals surface area contributed by atoms with E-state index in [2.05, 4.69) is 18.9 Å². The summed E-state index contributed by atoms with van der Waals surface area (Å²) < 4.78 is 15.6. The Kier molecular flexibility index (Phi) is 3.48. The van der Waals surface area contributed by atoms with Crippen LogP contribution in [-0.4, -0.2) is 9.78 Å². The fourth-order valence-electron chi connectivity index (χ4n) is 1.91. The summed E-state index contributed by atoms with van der Waals surface area (Å²) >= 11 is 0. The molecule has 0 bridgehead atoms. The normalized spacial score (nSPS) is 13.0. The van der Waals surface area contributed by atoms with Crippen LogP contribution in [0.3, 0.4) is 0 Å². The SMILES string of the molecule is CC(C)c1ccn(-c2c(F)cccc2[C@H](C)N)n1. The number of halogens is 1. The van der Waals surface area contributed by atoms with Gasteiger partial charge in [0.1, 0.15) is 11.5 Å². The van der Waals surface area contributed by atoms with Gasteiger partial charge in [-0.2, -0.15) is 5.10 Å². The smallest absolute Gasteiger partial charge is 0.149 e. The number of para-hydroxylation sites is 1. The van der Waals surface area contributed by atoms with Crippen molar-refractivity contribution in [3.05, 3.63) is 47.5 Å². The number of rotatable bonds is 3. The predicted molar refractivity (Wildman–Crippen MR) is 70.2 cm³/mol. The van der Waals surface area contributed by atoms with Crippen molar-refractivity contribution in [3.63, 3.8) is 0 Å². The van der Waals surface area contributed by atoms with E-state index in [0.29, 0.717) is 11.6 Å². The van der Waals surface area contributed by atoms with Crippen molar-refractivity contribution in [3.8, 4) is 5.69 Å². The Morgan fingerprint density at radius 3 is 2.50 bits per heavy atom. The lowest BCUT2D eigenvalue weighted by Gasteiger charge is -2.13. The highest BCUT2D eigenvalue weighted by atomic mass is 19.1. The maximum atomic E-state index is 14.0. The van der Waals surface area contributed by atoms with Crippen molar-refractivity contribution >= 4 is 0 Å². The molecule has 1 atom stereocenters. The van der Waals surface area contributed by atoms with Gasteiger partial charge in [-0.05, 0) is 30.5 Å². The minimum Gasteiger partial charge on any atom is -0.324 e. The summed E-state index contributed by atoms with van der Waals surface area (Å²) in [5, 5.41) is 4.40. The standard InChI is InChI=1S/C14H18FN3/c1-9(2)13-7-8-18(17-13)14-11(10(3)16)5-4-6-12(14)15/h4-10H,16H2,1-3H3/t10-/m0/s1. The molecule has 0 aliphatic heterocycles. The van der Waals surface area contributed by atoms with E-state index in [9.17, 15) is 4.39 Å². The monoisotopic (exact) mass is 247 g/mol. The van der Waals surface area contributed by atoms with E-state index in [1.807, 2.05) is 19.1 Å². The zero-order valence-corrected chi connectivity index (χ0v) is 10.9. The highest BCUT2D eigenvalue weighted by Gasteiger charge is 2.15. The van der Waals surface area contributed by atoms with Crippen LogP contribution < -0.4 is 5.73 Å². The number of benzene rings is 1. The van der Waals surface area contributed by atoms with E-state index in [1.54, 1.807) is 16.9 Å². The molecule has 0 unspecified atom stereocenters. The van der Waals surface area contributed by atoms with E-state index >= 15 is 0 Å². The molecule has 2 rings (SSSR count). The molecule has 1 aromatic carbocycles. The van der Waals surface area contributed by atoms with E-state index < -0.39 is 0 Å². The van der Waals surface area contributed by atoms with Crippen LogP contribution in [0.4, 0.5) is 4.39 Å². The van der Waals surface area contributed by atoms with Gasteiger partial charge >= 0.3 is 0 Å². The molecular formula is C14H18FN3. The molecule has 1 heterocycles. The van der Waals surface area contributed by atoms with Gasteiger partial charge in [-0.25, -0.2) is 9.07 Å². The van der Waals surface area contributed by atoms with Gasteiger partial charge < -0.3 is 5.73 Å². The highest BCUT2D eigenvalue weighted by molar-refractivity contribution is 5.43. The molecule has 0 spiro atoms. The molecule has 2 N–H and O–H groups in total. The molecule has 0 saturated carbocycles. The molecule has 0 aliphatic carbocycles. The fourth-order valence-corrected chi connectivity index (χ4v) is 1.91. The van der Waals surface area contributed by atoms with Crippen LogP contribution in [0.25, 0.3) is 5.69 Å². The molecule has 0 radical (unpaired) electrons. The molecule has 0 fully saturated rings. The van der Waals surface area contributed by atoms with Crippen molar-refractivity contribution < 1.29 is 4.39 Å². The molecular weight excluding hydrogens is 229 g/mol. The van der Waals surface area contributed by atoms with E-state index in [4.69, 9.17) is 5.73 Å². The topological polar surface area (TPSA) is 43.8 Å². The van der Waals surface area contributed by atoms with Crippen molar-refractivity contribution in [1.82, 2.24) is 9.78 Å². The second-order valence-electron chi connectivity index (χ2n) is 4.81. The zero-order chi connectivity index (χ0) is 13.3.